The smallest absolute Gasteiger partial charge is 0.328 e. The summed E-state index contributed by atoms with van der Waals surface area (Å²) in [5.41, 5.74) is 0.515. The molecule has 0 bridgehead atoms. The number of aryl methyl sites for hydroxylation is 1. The molecule has 2 aromatic heterocycles. The van der Waals surface area contributed by atoms with Gasteiger partial charge in [0.1, 0.15) is 23.4 Å². The molecule has 0 saturated carbocycles. The van der Waals surface area contributed by atoms with Crippen LogP contribution < -0.4 is 15.5 Å². The second kappa shape index (κ2) is 8.82. The lowest BCUT2D eigenvalue weighted by Crippen LogP contribution is -2.40. The van der Waals surface area contributed by atoms with Gasteiger partial charge in [-0.3, -0.25) is 15.0 Å². The molecule has 30 heavy (non-hydrogen) atoms. The number of carbonyl (C=O) groups is 2. The van der Waals surface area contributed by atoms with Crippen LogP contribution >= 0.6 is 0 Å². The summed E-state index contributed by atoms with van der Waals surface area (Å²) in [6, 6.07) is 4.32. The van der Waals surface area contributed by atoms with E-state index in [-0.39, 0.29) is 29.7 Å². The Morgan fingerprint density at radius 2 is 2.13 bits per heavy atom. The number of anilines is 3. The molecule has 0 aromatic carbocycles. The quantitative estimate of drug-likeness (QED) is 0.718. The Labute approximate surface area is 171 Å². The first kappa shape index (κ1) is 21.1. The van der Waals surface area contributed by atoms with Gasteiger partial charge >= 0.3 is 6.03 Å². The second-order valence-electron chi connectivity index (χ2n) is 7.08. The Balaban J connectivity index is 1.89. The zero-order chi connectivity index (χ0) is 21.8. The Hall–Kier alpha value is -3.61. The molecule has 10 heteroatoms. The number of nitrogens with zero attached hydrogens (tertiary/aromatic N) is 4. The average molecular weight is 414 g/mol. The van der Waals surface area contributed by atoms with Crippen molar-refractivity contribution in [2.75, 3.05) is 22.1 Å². The van der Waals surface area contributed by atoms with Crippen LogP contribution in [-0.4, -0.2) is 34.9 Å². The number of nitrogens with one attached hydrogen (secondary N) is 2. The number of hydrogen-bond acceptors (Lipinski definition) is 6. The fourth-order valence-electron chi connectivity index (χ4n) is 3.22. The van der Waals surface area contributed by atoms with E-state index in [0.717, 1.165) is 0 Å². The van der Waals surface area contributed by atoms with Crippen molar-refractivity contribution in [2.45, 2.75) is 39.2 Å². The lowest BCUT2D eigenvalue weighted by atomic mass is 10.0. The van der Waals surface area contributed by atoms with Crippen molar-refractivity contribution in [3.63, 3.8) is 0 Å². The van der Waals surface area contributed by atoms with Crippen molar-refractivity contribution in [3.8, 4) is 6.07 Å². The summed E-state index contributed by atoms with van der Waals surface area (Å²) in [6.45, 7) is 4.13. The van der Waals surface area contributed by atoms with Crippen LogP contribution in [0.3, 0.4) is 0 Å². The summed E-state index contributed by atoms with van der Waals surface area (Å²) < 4.78 is 26.4. The third kappa shape index (κ3) is 4.35. The molecule has 2 aromatic rings. The molecule has 2 amide bonds. The van der Waals surface area contributed by atoms with E-state index in [4.69, 9.17) is 0 Å². The minimum absolute atomic E-state index is 0.0621. The van der Waals surface area contributed by atoms with E-state index < -0.39 is 18.0 Å². The Morgan fingerprint density at radius 3 is 2.77 bits per heavy atom. The van der Waals surface area contributed by atoms with E-state index in [1.165, 1.54) is 17.2 Å². The third-order valence-corrected chi connectivity index (χ3v) is 4.52. The molecular formula is C20H20F2N6O2. The summed E-state index contributed by atoms with van der Waals surface area (Å²) in [7, 11) is 0. The normalized spacial score (nSPS) is 13.0. The van der Waals surface area contributed by atoms with Crippen molar-refractivity contribution in [3.05, 3.63) is 40.7 Å². The maximum Gasteiger partial charge on any atom is 0.328 e. The van der Waals surface area contributed by atoms with Gasteiger partial charge in [0.05, 0.1) is 11.3 Å². The Morgan fingerprint density at radius 1 is 1.37 bits per heavy atom. The van der Waals surface area contributed by atoms with Gasteiger partial charge in [-0.25, -0.2) is 23.5 Å². The summed E-state index contributed by atoms with van der Waals surface area (Å²) in [6.07, 6.45) is -0.183. The van der Waals surface area contributed by atoms with Crippen LogP contribution in [0.5, 0.6) is 0 Å². The summed E-state index contributed by atoms with van der Waals surface area (Å²) >= 11 is 0. The summed E-state index contributed by atoms with van der Waals surface area (Å²) in [5.74, 6) is 0.397. The van der Waals surface area contributed by atoms with E-state index in [9.17, 15) is 23.6 Å². The third-order valence-electron chi connectivity index (χ3n) is 4.52. The van der Waals surface area contributed by atoms with Gasteiger partial charge in [-0.1, -0.05) is 0 Å². The van der Waals surface area contributed by atoms with Gasteiger partial charge < -0.3 is 5.32 Å². The number of aromatic nitrogens is 2. The van der Waals surface area contributed by atoms with Crippen molar-refractivity contribution < 1.29 is 18.4 Å². The topological polar surface area (TPSA) is 111 Å². The molecule has 8 nitrogen and oxygen atoms in total. The molecular weight excluding hydrogens is 394 g/mol. The highest BCUT2D eigenvalue weighted by Gasteiger charge is 2.28. The van der Waals surface area contributed by atoms with E-state index in [2.05, 4.69) is 20.6 Å². The van der Waals surface area contributed by atoms with E-state index in [0.29, 0.717) is 36.2 Å². The van der Waals surface area contributed by atoms with Gasteiger partial charge in [0, 0.05) is 30.4 Å². The molecule has 0 saturated heterocycles. The first-order chi connectivity index (χ1) is 14.3. The highest BCUT2D eigenvalue weighted by Crippen LogP contribution is 2.31. The van der Waals surface area contributed by atoms with Crippen molar-refractivity contribution in [1.82, 2.24) is 9.97 Å². The number of carbonyl (C=O) groups excluding carboxylic acids is 2. The molecule has 1 aliphatic rings. The van der Waals surface area contributed by atoms with Crippen LogP contribution in [0.1, 0.15) is 53.9 Å². The maximum absolute atomic E-state index is 13.2. The number of amides is 2. The van der Waals surface area contributed by atoms with Crippen LogP contribution in [0.15, 0.2) is 18.3 Å². The highest BCUT2D eigenvalue weighted by atomic mass is 19.3. The predicted octanol–water partition coefficient (Wildman–Crippen LogP) is 3.90. The van der Waals surface area contributed by atoms with E-state index in [1.54, 1.807) is 6.07 Å². The van der Waals surface area contributed by atoms with Crippen LogP contribution in [0.4, 0.5) is 30.9 Å². The summed E-state index contributed by atoms with van der Waals surface area (Å²) in [4.78, 5) is 33.5. The molecule has 0 fully saturated rings. The first-order valence-corrected chi connectivity index (χ1v) is 9.36. The molecule has 0 radical (unpaired) electrons. The number of fused-ring (bicyclic) bond motifs is 1. The monoisotopic (exact) mass is 414 g/mol. The van der Waals surface area contributed by atoms with Crippen molar-refractivity contribution in [1.29, 1.82) is 5.26 Å². The molecule has 0 spiro atoms. The van der Waals surface area contributed by atoms with E-state index in [1.807, 2.05) is 19.9 Å². The van der Waals surface area contributed by atoms with Gasteiger partial charge in [-0.05, 0) is 38.3 Å². The Kier molecular flexibility index (Phi) is 6.20. The van der Waals surface area contributed by atoms with Gasteiger partial charge in [0.2, 0.25) is 0 Å². The first-order valence-electron chi connectivity index (χ1n) is 9.36. The lowest BCUT2D eigenvalue weighted by Gasteiger charge is -2.29. The fourth-order valence-corrected chi connectivity index (χ4v) is 3.22. The van der Waals surface area contributed by atoms with Crippen LogP contribution in [0.2, 0.25) is 0 Å². The molecule has 156 valence electrons. The van der Waals surface area contributed by atoms with E-state index >= 15 is 0 Å². The lowest BCUT2D eigenvalue weighted by molar-refractivity contribution is 0.110. The standard InChI is InChI=1S/C20H20F2N6O2/c1-11(2)25-15-7-17(24-9-13(15)8-23)27-20(30)28-5-3-4-12-6-14(18(21)22)16(10-29)26-19(12)28/h6-7,9-11,18H,3-5H2,1-2H3,(H2,24,25,27,30). The second-order valence-corrected chi connectivity index (χ2v) is 7.08. The minimum atomic E-state index is -2.83. The molecule has 3 heterocycles. The Bertz CT molecular complexity index is 1020. The molecule has 1 aliphatic heterocycles. The van der Waals surface area contributed by atoms with Crippen LogP contribution in [0.25, 0.3) is 0 Å². The van der Waals surface area contributed by atoms with Gasteiger partial charge in [0.25, 0.3) is 6.43 Å². The number of rotatable bonds is 5. The van der Waals surface area contributed by atoms with Crippen LogP contribution in [0, 0.1) is 11.3 Å². The number of nitriles is 1. The predicted molar refractivity (Wildman–Crippen MR) is 107 cm³/mol. The van der Waals surface area contributed by atoms with Crippen molar-refractivity contribution >= 4 is 29.6 Å². The minimum Gasteiger partial charge on any atom is -0.382 e. The molecule has 0 unspecified atom stereocenters. The average Bonchev–Trinajstić information content (AvgIpc) is 2.71. The number of pyridine rings is 2. The zero-order valence-corrected chi connectivity index (χ0v) is 16.4. The van der Waals surface area contributed by atoms with Gasteiger partial charge in [-0.2, -0.15) is 5.26 Å². The number of urea groups is 1. The molecule has 2 N–H and O–H groups in total. The molecule has 0 atom stereocenters. The fraction of sp³-hybridized carbons (Fsp3) is 0.350. The van der Waals surface area contributed by atoms with Gasteiger partial charge in [-0.15, -0.1) is 0 Å². The van der Waals surface area contributed by atoms with Gasteiger partial charge in [0.15, 0.2) is 6.29 Å². The zero-order valence-electron chi connectivity index (χ0n) is 16.4. The van der Waals surface area contributed by atoms with Crippen LogP contribution in [-0.2, 0) is 6.42 Å². The number of aldehydes is 1. The SMILES string of the molecule is CC(C)Nc1cc(NC(=O)N2CCCc3cc(C(F)F)c(C=O)nc32)ncc1C#N. The maximum atomic E-state index is 13.2. The molecule has 3 rings (SSSR count). The largest absolute Gasteiger partial charge is 0.382 e. The summed E-state index contributed by atoms with van der Waals surface area (Å²) in [5, 5.41) is 15.0. The number of alkyl halides is 2. The van der Waals surface area contributed by atoms with Crippen molar-refractivity contribution in [2.24, 2.45) is 0 Å². The number of hydrogen-bond donors (Lipinski definition) is 2. The molecule has 0 aliphatic carbocycles. The number of halogens is 2. The highest BCUT2D eigenvalue weighted by molar-refractivity contribution is 6.01.